The molecule has 0 spiro atoms. The molecule has 0 aliphatic carbocycles. The zero-order valence-electron chi connectivity index (χ0n) is 10.8. The molecule has 1 N–H and O–H groups in total. The van der Waals surface area contributed by atoms with Gasteiger partial charge in [0.2, 0.25) is 0 Å². The van der Waals surface area contributed by atoms with Crippen LogP contribution >= 0.6 is 11.6 Å². The Morgan fingerprint density at radius 1 is 0.889 bits per heavy atom. The normalized spacial score (nSPS) is 10.6. The van der Waals surface area contributed by atoms with E-state index in [1.54, 1.807) is 0 Å². The second kappa shape index (κ2) is 6.03. The van der Waals surface area contributed by atoms with Crippen LogP contribution in [0, 0.1) is 13.8 Å². The van der Waals surface area contributed by atoms with E-state index in [4.69, 9.17) is 11.6 Å². The van der Waals surface area contributed by atoms with Crippen LogP contribution in [0.3, 0.4) is 0 Å². The van der Waals surface area contributed by atoms with Crippen LogP contribution in [0.25, 0.3) is 0 Å². The molecule has 0 saturated heterocycles. The molecule has 0 aromatic heterocycles. The third-order valence-electron chi connectivity index (χ3n) is 3.20. The van der Waals surface area contributed by atoms with Crippen molar-refractivity contribution in [3.05, 3.63) is 69.7 Å². The fourth-order valence-electron chi connectivity index (χ4n) is 2.00. The largest absolute Gasteiger partial charge is 0.309 e. The molecule has 2 heteroatoms. The van der Waals surface area contributed by atoms with Gasteiger partial charge >= 0.3 is 0 Å². The van der Waals surface area contributed by atoms with Crippen molar-refractivity contribution in [1.82, 2.24) is 5.32 Å². The van der Waals surface area contributed by atoms with E-state index in [0.29, 0.717) is 0 Å². The fraction of sp³-hybridized carbons (Fsp3) is 0.250. The lowest BCUT2D eigenvalue weighted by Crippen LogP contribution is -2.14. The molecule has 0 amide bonds. The molecule has 2 rings (SSSR count). The Kier molecular flexibility index (Phi) is 4.40. The maximum absolute atomic E-state index is 5.95. The summed E-state index contributed by atoms with van der Waals surface area (Å²) in [7, 11) is 0. The van der Waals surface area contributed by atoms with E-state index >= 15 is 0 Å². The summed E-state index contributed by atoms with van der Waals surface area (Å²) in [4.78, 5) is 0. The highest BCUT2D eigenvalue weighted by atomic mass is 35.5. The molecule has 0 fully saturated rings. The van der Waals surface area contributed by atoms with Gasteiger partial charge in [0.1, 0.15) is 0 Å². The van der Waals surface area contributed by atoms with Gasteiger partial charge in [-0.15, -0.1) is 0 Å². The minimum absolute atomic E-state index is 0.801. The minimum Gasteiger partial charge on any atom is -0.309 e. The molecule has 18 heavy (non-hydrogen) atoms. The van der Waals surface area contributed by atoms with Crippen LogP contribution < -0.4 is 5.32 Å². The summed E-state index contributed by atoms with van der Waals surface area (Å²) in [6.45, 7) is 6.01. The maximum atomic E-state index is 5.95. The van der Waals surface area contributed by atoms with Gasteiger partial charge in [0.05, 0.1) is 0 Å². The highest BCUT2D eigenvalue weighted by molar-refractivity contribution is 6.30. The summed E-state index contributed by atoms with van der Waals surface area (Å²) in [6, 6.07) is 14.5. The first-order chi connectivity index (χ1) is 8.66. The van der Waals surface area contributed by atoms with E-state index in [9.17, 15) is 0 Å². The Balaban J connectivity index is 1.95. The SMILES string of the molecule is Cc1ccccc1CNCc1ccc(Cl)cc1C. The van der Waals surface area contributed by atoms with Crippen molar-refractivity contribution < 1.29 is 0 Å². The highest BCUT2D eigenvalue weighted by Crippen LogP contribution is 2.15. The second-order valence-electron chi connectivity index (χ2n) is 4.60. The lowest BCUT2D eigenvalue weighted by atomic mass is 10.1. The van der Waals surface area contributed by atoms with Crippen molar-refractivity contribution in [2.45, 2.75) is 26.9 Å². The molecular weight excluding hydrogens is 242 g/mol. The van der Waals surface area contributed by atoms with Crippen molar-refractivity contribution in [3.63, 3.8) is 0 Å². The van der Waals surface area contributed by atoms with Crippen molar-refractivity contribution >= 4 is 11.6 Å². The molecule has 2 aromatic rings. The first-order valence-corrected chi connectivity index (χ1v) is 6.55. The molecule has 1 nitrogen and oxygen atoms in total. The van der Waals surface area contributed by atoms with Crippen molar-refractivity contribution in [3.8, 4) is 0 Å². The molecule has 0 aliphatic rings. The zero-order valence-corrected chi connectivity index (χ0v) is 11.6. The van der Waals surface area contributed by atoms with Gasteiger partial charge in [0.15, 0.2) is 0 Å². The molecule has 94 valence electrons. The van der Waals surface area contributed by atoms with Crippen molar-refractivity contribution in [2.24, 2.45) is 0 Å². The van der Waals surface area contributed by atoms with E-state index in [2.05, 4.69) is 49.5 Å². The third-order valence-corrected chi connectivity index (χ3v) is 3.43. The molecule has 0 saturated carbocycles. The van der Waals surface area contributed by atoms with Gasteiger partial charge in [-0.1, -0.05) is 41.9 Å². The smallest absolute Gasteiger partial charge is 0.0408 e. The molecule has 0 heterocycles. The molecule has 0 aliphatic heterocycles. The van der Waals surface area contributed by atoms with E-state index < -0.39 is 0 Å². The summed E-state index contributed by atoms with van der Waals surface area (Å²) in [5.41, 5.74) is 5.22. The molecule has 0 bridgehead atoms. The van der Waals surface area contributed by atoms with Crippen LogP contribution in [0.4, 0.5) is 0 Å². The van der Waals surface area contributed by atoms with Gasteiger partial charge in [-0.2, -0.15) is 0 Å². The average Bonchev–Trinajstić information content (AvgIpc) is 2.34. The Morgan fingerprint density at radius 3 is 2.22 bits per heavy atom. The number of halogens is 1. The van der Waals surface area contributed by atoms with Crippen LogP contribution in [0.5, 0.6) is 0 Å². The molecule has 0 radical (unpaired) electrons. The van der Waals surface area contributed by atoms with Gasteiger partial charge in [-0.05, 0) is 48.2 Å². The van der Waals surface area contributed by atoms with Gasteiger partial charge in [-0.25, -0.2) is 0 Å². The highest BCUT2D eigenvalue weighted by Gasteiger charge is 2.00. The van der Waals surface area contributed by atoms with Gasteiger partial charge in [0.25, 0.3) is 0 Å². The van der Waals surface area contributed by atoms with E-state index in [1.807, 2.05) is 12.1 Å². The number of nitrogens with one attached hydrogen (secondary N) is 1. The van der Waals surface area contributed by atoms with Crippen molar-refractivity contribution in [2.75, 3.05) is 0 Å². The summed E-state index contributed by atoms with van der Waals surface area (Å²) in [5.74, 6) is 0. The van der Waals surface area contributed by atoms with E-state index in [0.717, 1.165) is 18.1 Å². The van der Waals surface area contributed by atoms with Crippen molar-refractivity contribution in [1.29, 1.82) is 0 Å². The Hall–Kier alpha value is -1.31. The summed E-state index contributed by atoms with van der Waals surface area (Å²) >= 11 is 5.95. The fourth-order valence-corrected chi connectivity index (χ4v) is 2.22. The van der Waals surface area contributed by atoms with E-state index in [1.165, 1.54) is 22.3 Å². The molecule has 0 atom stereocenters. The quantitative estimate of drug-likeness (QED) is 0.866. The minimum atomic E-state index is 0.801. The van der Waals surface area contributed by atoms with Gasteiger partial charge in [-0.3, -0.25) is 0 Å². The monoisotopic (exact) mass is 259 g/mol. The number of benzene rings is 2. The first-order valence-electron chi connectivity index (χ1n) is 6.17. The van der Waals surface area contributed by atoms with Crippen LogP contribution in [-0.4, -0.2) is 0 Å². The molecule has 0 unspecified atom stereocenters. The number of rotatable bonds is 4. The Labute approximate surface area is 114 Å². The van der Waals surface area contributed by atoms with Crippen LogP contribution in [0.2, 0.25) is 5.02 Å². The number of hydrogen-bond donors (Lipinski definition) is 1. The third kappa shape index (κ3) is 3.34. The predicted octanol–water partition coefficient (Wildman–Crippen LogP) is 4.25. The van der Waals surface area contributed by atoms with Gasteiger partial charge in [0, 0.05) is 18.1 Å². The number of hydrogen-bond acceptors (Lipinski definition) is 1. The topological polar surface area (TPSA) is 12.0 Å². The average molecular weight is 260 g/mol. The molecule has 2 aromatic carbocycles. The lowest BCUT2D eigenvalue weighted by Gasteiger charge is -2.10. The Morgan fingerprint density at radius 2 is 1.56 bits per heavy atom. The second-order valence-corrected chi connectivity index (χ2v) is 5.04. The predicted molar refractivity (Wildman–Crippen MR) is 77.9 cm³/mol. The van der Waals surface area contributed by atoms with Crippen LogP contribution in [0.15, 0.2) is 42.5 Å². The zero-order chi connectivity index (χ0) is 13.0. The maximum Gasteiger partial charge on any atom is 0.0408 e. The molecular formula is C16H18ClN. The standard InChI is InChI=1S/C16H18ClN/c1-12-5-3-4-6-14(12)10-18-11-15-7-8-16(17)9-13(15)2/h3-9,18H,10-11H2,1-2H3. The van der Waals surface area contributed by atoms with Gasteiger partial charge < -0.3 is 5.32 Å². The van der Waals surface area contributed by atoms with Crippen LogP contribution in [-0.2, 0) is 13.1 Å². The summed E-state index contributed by atoms with van der Waals surface area (Å²) in [5, 5.41) is 4.28. The summed E-state index contributed by atoms with van der Waals surface area (Å²) in [6.07, 6.45) is 0. The van der Waals surface area contributed by atoms with E-state index in [-0.39, 0.29) is 0 Å². The summed E-state index contributed by atoms with van der Waals surface area (Å²) < 4.78 is 0. The Bertz CT molecular complexity index is 534. The lowest BCUT2D eigenvalue weighted by molar-refractivity contribution is 0.688. The van der Waals surface area contributed by atoms with Crippen LogP contribution in [0.1, 0.15) is 22.3 Å². The number of aryl methyl sites for hydroxylation is 2. The first kappa shape index (κ1) is 13.1.